The number of hydrogen-bond acceptors (Lipinski definition) is 1. The highest BCUT2D eigenvalue weighted by molar-refractivity contribution is 5.24. The van der Waals surface area contributed by atoms with Crippen LogP contribution >= 0.6 is 0 Å². The van der Waals surface area contributed by atoms with Crippen LogP contribution in [0.1, 0.15) is 77.5 Å². The summed E-state index contributed by atoms with van der Waals surface area (Å²) in [5, 5.41) is 3.72. The van der Waals surface area contributed by atoms with E-state index in [0.717, 1.165) is 5.92 Å². The molecule has 1 heteroatoms. The molecule has 3 atom stereocenters. The predicted molar refractivity (Wildman–Crippen MR) is 90.1 cm³/mol. The number of benzene rings is 1. The molecule has 0 radical (unpaired) electrons. The summed E-state index contributed by atoms with van der Waals surface area (Å²) in [5.41, 5.74) is 2.87. The highest BCUT2D eigenvalue weighted by Gasteiger charge is 2.11. The van der Waals surface area contributed by atoms with E-state index in [1.165, 1.54) is 43.2 Å². The fraction of sp³-hybridized carbons (Fsp3) is 0.684. The van der Waals surface area contributed by atoms with E-state index < -0.39 is 0 Å². The summed E-state index contributed by atoms with van der Waals surface area (Å²) in [6.45, 7) is 11.4. The van der Waals surface area contributed by atoms with Gasteiger partial charge in [-0.25, -0.2) is 0 Å². The molecule has 0 amide bonds. The van der Waals surface area contributed by atoms with Crippen molar-refractivity contribution in [2.75, 3.05) is 0 Å². The topological polar surface area (TPSA) is 12.0 Å². The van der Waals surface area contributed by atoms with Gasteiger partial charge in [0.15, 0.2) is 0 Å². The van der Waals surface area contributed by atoms with Crippen LogP contribution in [0.3, 0.4) is 0 Å². The van der Waals surface area contributed by atoms with Crippen molar-refractivity contribution in [2.24, 2.45) is 5.92 Å². The molecule has 114 valence electrons. The van der Waals surface area contributed by atoms with Crippen molar-refractivity contribution in [2.45, 2.75) is 78.8 Å². The first-order valence-corrected chi connectivity index (χ1v) is 8.41. The molecular weight excluding hydrogens is 242 g/mol. The Morgan fingerprint density at radius 3 is 2.20 bits per heavy atom. The largest absolute Gasteiger partial charge is 0.308 e. The molecule has 0 fully saturated rings. The molecule has 0 aliphatic carbocycles. The average molecular weight is 275 g/mol. The Balaban J connectivity index is 2.48. The molecule has 0 aromatic heterocycles. The zero-order valence-corrected chi connectivity index (χ0v) is 14.1. The third-order valence-electron chi connectivity index (χ3n) is 4.29. The molecule has 0 bridgehead atoms. The van der Waals surface area contributed by atoms with Crippen molar-refractivity contribution in [1.82, 2.24) is 5.32 Å². The summed E-state index contributed by atoms with van der Waals surface area (Å²) < 4.78 is 0. The van der Waals surface area contributed by atoms with Gasteiger partial charge in [0.1, 0.15) is 0 Å². The van der Waals surface area contributed by atoms with Crippen molar-refractivity contribution >= 4 is 0 Å². The molecule has 1 aromatic carbocycles. The van der Waals surface area contributed by atoms with E-state index in [0.29, 0.717) is 12.1 Å². The van der Waals surface area contributed by atoms with Gasteiger partial charge in [-0.15, -0.1) is 0 Å². The molecule has 0 spiro atoms. The minimum atomic E-state index is 0.439. The van der Waals surface area contributed by atoms with Gasteiger partial charge in [-0.05, 0) is 50.2 Å². The molecule has 0 aliphatic heterocycles. The van der Waals surface area contributed by atoms with Gasteiger partial charge < -0.3 is 5.32 Å². The summed E-state index contributed by atoms with van der Waals surface area (Å²) in [5.74, 6) is 0.807. The standard InChI is InChI=1S/C19H33N/c1-6-8-9-18-10-12-19(13-11-18)17(5)20-16(4)14-15(3)7-2/h10-13,15-17,20H,6-9,14H2,1-5H3. The van der Waals surface area contributed by atoms with E-state index in [4.69, 9.17) is 0 Å². The number of unbranched alkanes of at least 4 members (excludes halogenated alkanes) is 1. The summed E-state index contributed by atoms with van der Waals surface area (Å²) in [6.07, 6.45) is 6.30. The maximum absolute atomic E-state index is 3.72. The van der Waals surface area contributed by atoms with Crippen molar-refractivity contribution in [1.29, 1.82) is 0 Å². The third kappa shape index (κ3) is 6.09. The Labute approximate surface area is 126 Å². The van der Waals surface area contributed by atoms with Gasteiger partial charge in [-0.2, -0.15) is 0 Å². The first-order chi connectivity index (χ1) is 9.56. The normalized spacial score (nSPS) is 15.8. The van der Waals surface area contributed by atoms with E-state index in [1.807, 2.05) is 0 Å². The number of hydrogen-bond donors (Lipinski definition) is 1. The summed E-state index contributed by atoms with van der Waals surface area (Å²) in [7, 11) is 0. The van der Waals surface area contributed by atoms with Crippen LogP contribution in [0.4, 0.5) is 0 Å². The molecular formula is C19H33N. The van der Waals surface area contributed by atoms with E-state index >= 15 is 0 Å². The molecule has 0 aliphatic rings. The summed E-state index contributed by atoms with van der Waals surface area (Å²) in [6, 6.07) is 10.2. The van der Waals surface area contributed by atoms with Crippen molar-refractivity contribution < 1.29 is 0 Å². The lowest BCUT2D eigenvalue weighted by molar-refractivity contribution is 0.385. The minimum absolute atomic E-state index is 0.439. The van der Waals surface area contributed by atoms with Crippen LogP contribution in [-0.2, 0) is 6.42 Å². The SMILES string of the molecule is CCCCc1ccc(C(C)NC(C)CC(C)CC)cc1. The molecule has 3 unspecified atom stereocenters. The molecule has 1 rings (SSSR count). The Bertz CT molecular complexity index is 355. The molecule has 1 nitrogen and oxygen atoms in total. The third-order valence-corrected chi connectivity index (χ3v) is 4.29. The van der Waals surface area contributed by atoms with Crippen LogP contribution in [0.2, 0.25) is 0 Å². The van der Waals surface area contributed by atoms with Crippen LogP contribution in [-0.4, -0.2) is 6.04 Å². The van der Waals surface area contributed by atoms with Gasteiger partial charge in [0.25, 0.3) is 0 Å². The lowest BCUT2D eigenvalue weighted by Gasteiger charge is -2.23. The highest BCUT2D eigenvalue weighted by Crippen LogP contribution is 2.17. The number of aryl methyl sites for hydroxylation is 1. The van der Waals surface area contributed by atoms with E-state index in [1.54, 1.807) is 0 Å². The van der Waals surface area contributed by atoms with E-state index in [9.17, 15) is 0 Å². The fourth-order valence-electron chi connectivity index (χ4n) is 2.72. The number of nitrogens with one attached hydrogen (secondary N) is 1. The van der Waals surface area contributed by atoms with E-state index in [-0.39, 0.29) is 0 Å². The summed E-state index contributed by atoms with van der Waals surface area (Å²) >= 11 is 0. The van der Waals surface area contributed by atoms with Crippen LogP contribution in [0.5, 0.6) is 0 Å². The Morgan fingerprint density at radius 2 is 1.65 bits per heavy atom. The van der Waals surface area contributed by atoms with E-state index in [2.05, 4.69) is 64.2 Å². The molecule has 0 saturated heterocycles. The number of rotatable bonds is 9. The van der Waals surface area contributed by atoms with Crippen LogP contribution in [0, 0.1) is 5.92 Å². The smallest absolute Gasteiger partial charge is 0.0294 e. The van der Waals surface area contributed by atoms with Crippen molar-refractivity contribution in [3.05, 3.63) is 35.4 Å². The lowest BCUT2D eigenvalue weighted by atomic mass is 9.98. The van der Waals surface area contributed by atoms with Gasteiger partial charge in [-0.1, -0.05) is 57.9 Å². The predicted octanol–water partition coefficient (Wildman–Crippen LogP) is 5.50. The minimum Gasteiger partial charge on any atom is -0.308 e. The fourth-order valence-corrected chi connectivity index (χ4v) is 2.72. The van der Waals surface area contributed by atoms with Gasteiger partial charge in [-0.3, -0.25) is 0 Å². The Hall–Kier alpha value is -0.820. The van der Waals surface area contributed by atoms with Gasteiger partial charge in [0.2, 0.25) is 0 Å². The maximum atomic E-state index is 3.72. The monoisotopic (exact) mass is 275 g/mol. The second-order valence-electron chi connectivity index (χ2n) is 6.38. The summed E-state index contributed by atoms with van der Waals surface area (Å²) in [4.78, 5) is 0. The lowest BCUT2D eigenvalue weighted by Crippen LogP contribution is -2.30. The van der Waals surface area contributed by atoms with Crippen LogP contribution in [0.25, 0.3) is 0 Å². The van der Waals surface area contributed by atoms with Crippen LogP contribution < -0.4 is 5.32 Å². The van der Waals surface area contributed by atoms with Crippen molar-refractivity contribution in [3.8, 4) is 0 Å². The average Bonchev–Trinajstić information content (AvgIpc) is 2.45. The molecule has 1 N–H and O–H groups in total. The highest BCUT2D eigenvalue weighted by atomic mass is 14.9. The van der Waals surface area contributed by atoms with Gasteiger partial charge in [0.05, 0.1) is 0 Å². The first kappa shape index (κ1) is 17.2. The Kier molecular flexibility index (Phi) is 7.91. The molecule has 20 heavy (non-hydrogen) atoms. The van der Waals surface area contributed by atoms with Gasteiger partial charge >= 0.3 is 0 Å². The van der Waals surface area contributed by atoms with Crippen molar-refractivity contribution in [3.63, 3.8) is 0 Å². The zero-order valence-electron chi connectivity index (χ0n) is 14.1. The van der Waals surface area contributed by atoms with Crippen LogP contribution in [0.15, 0.2) is 24.3 Å². The molecule has 0 heterocycles. The quantitative estimate of drug-likeness (QED) is 0.627. The Morgan fingerprint density at radius 1 is 1.00 bits per heavy atom. The second kappa shape index (κ2) is 9.18. The zero-order chi connectivity index (χ0) is 15.0. The van der Waals surface area contributed by atoms with Gasteiger partial charge in [0, 0.05) is 12.1 Å². The molecule has 0 saturated carbocycles. The second-order valence-corrected chi connectivity index (χ2v) is 6.38. The maximum Gasteiger partial charge on any atom is 0.0294 e. The molecule has 1 aromatic rings. The first-order valence-electron chi connectivity index (χ1n) is 8.41.